The molecular weight excluding hydrogens is 295 g/mol. The van der Waals surface area contributed by atoms with Gasteiger partial charge in [-0.3, -0.25) is 0 Å². The van der Waals surface area contributed by atoms with E-state index in [-0.39, 0.29) is 29.0 Å². The maximum absolute atomic E-state index is 13.6. The molecule has 0 spiro atoms. The molecule has 1 aromatic carbocycles. The van der Waals surface area contributed by atoms with Crippen LogP contribution in [0, 0.1) is 11.7 Å². The highest BCUT2D eigenvalue weighted by Gasteiger charge is 2.29. The van der Waals surface area contributed by atoms with E-state index in [4.69, 9.17) is 10.5 Å². The summed E-state index contributed by atoms with van der Waals surface area (Å²) < 4.78 is 46.4. The fraction of sp³-hybridized carbons (Fsp3) is 0.571. The monoisotopic (exact) mass is 316 g/mol. The molecule has 1 saturated heterocycles. The van der Waals surface area contributed by atoms with Crippen LogP contribution in [0.4, 0.5) is 4.39 Å². The fourth-order valence-electron chi connectivity index (χ4n) is 2.66. The minimum absolute atomic E-state index is 0.0136. The predicted octanol–water partition coefficient (Wildman–Crippen LogP) is 1.38. The van der Waals surface area contributed by atoms with Crippen LogP contribution in [-0.2, 0) is 21.3 Å². The number of rotatable bonds is 6. The van der Waals surface area contributed by atoms with E-state index in [1.807, 2.05) is 6.92 Å². The second kappa shape index (κ2) is 6.83. The summed E-state index contributed by atoms with van der Waals surface area (Å²) in [5.41, 5.74) is 5.47. The first-order valence-corrected chi connectivity index (χ1v) is 8.56. The Kier molecular flexibility index (Phi) is 5.32. The smallest absolute Gasteiger partial charge is 0.241 e. The minimum atomic E-state index is -3.77. The lowest BCUT2D eigenvalue weighted by molar-refractivity contribution is 0.0884. The lowest BCUT2D eigenvalue weighted by Crippen LogP contribution is -2.33. The Morgan fingerprint density at radius 1 is 1.48 bits per heavy atom. The Morgan fingerprint density at radius 2 is 2.24 bits per heavy atom. The number of halogens is 1. The van der Waals surface area contributed by atoms with E-state index in [1.165, 1.54) is 18.2 Å². The Labute approximate surface area is 124 Å². The van der Waals surface area contributed by atoms with Gasteiger partial charge in [0.05, 0.1) is 11.0 Å². The Bertz CT molecular complexity index is 592. The topological polar surface area (TPSA) is 81.4 Å². The second-order valence-corrected chi connectivity index (χ2v) is 6.87. The number of benzene rings is 1. The number of nitrogens with two attached hydrogens (primary N) is 1. The first kappa shape index (κ1) is 16.4. The molecule has 21 heavy (non-hydrogen) atoms. The van der Waals surface area contributed by atoms with Crippen molar-refractivity contribution >= 4 is 10.0 Å². The summed E-state index contributed by atoms with van der Waals surface area (Å²) in [5.74, 6) is -0.448. The van der Waals surface area contributed by atoms with Crippen molar-refractivity contribution in [3.63, 3.8) is 0 Å². The Hall–Kier alpha value is -1.02. The summed E-state index contributed by atoms with van der Waals surface area (Å²) >= 11 is 0. The molecule has 3 N–H and O–H groups in total. The van der Waals surface area contributed by atoms with Crippen molar-refractivity contribution in [3.05, 3.63) is 29.6 Å². The maximum Gasteiger partial charge on any atom is 0.241 e. The molecule has 0 aliphatic carbocycles. The van der Waals surface area contributed by atoms with Gasteiger partial charge in [-0.1, -0.05) is 13.0 Å². The molecule has 1 aliphatic heterocycles. The minimum Gasteiger partial charge on any atom is -0.378 e. The summed E-state index contributed by atoms with van der Waals surface area (Å²) in [6.45, 7) is 2.80. The van der Waals surface area contributed by atoms with Crippen LogP contribution in [-0.4, -0.2) is 27.7 Å². The molecule has 1 heterocycles. The van der Waals surface area contributed by atoms with Gasteiger partial charge >= 0.3 is 0 Å². The van der Waals surface area contributed by atoms with Crippen molar-refractivity contribution in [3.8, 4) is 0 Å². The Balaban J connectivity index is 2.14. The van der Waals surface area contributed by atoms with Gasteiger partial charge in [-0.25, -0.2) is 17.5 Å². The molecule has 2 rings (SSSR count). The summed E-state index contributed by atoms with van der Waals surface area (Å²) in [6.07, 6.45) is 1.75. The first-order valence-electron chi connectivity index (χ1n) is 7.08. The van der Waals surface area contributed by atoms with Crippen LogP contribution in [0.3, 0.4) is 0 Å². The van der Waals surface area contributed by atoms with Gasteiger partial charge in [-0.05, 0) is 25.0 Å². The molecule has 0 amide bonds. The zero-order chi connectivity index (χ0) is 15.5. The number of ether oxygens (including phenoxy) is 1. The average Bonchev–Trinajstić information content (AvgIpc) is 2.92. The van der Waals surface area contributed by atoms with Crippen molar-refractivity contribution in [2.75, 3.05) is 13.2 Å². The molecular formula is C14H21FN2O3S. The highest BCUT2D eigenvalue weighted by molar-refractivity contribution is 7.89. The van der Waals surface area contributed by atoms with E-state index >= 15 is 0 Å². The van der Waals surface area contributed by atoms with Crippen molar-refractivity contribution in [2.45, 2.75) is 37.3 Å². The van der Waals surface area contributed by atoms with Gasteiger partial charge in [-0.2, -0.15) is 0 Å². The average molecular weight is 316 g/mol. The number of nitrogens with one attached hydrogen (secondary N) is 1. The van der Waals surface area contributed by atoms with Crippen LogP contribution >= 0.6 is 0 Å². The van der Waals surface area contributed by atoms with Crippen molar-refractivity contribution in [1.82, 2.24) is 4.72 Å². The third kappa shape index (κ3) is 3.60. The van der Waals surface area contributed by atoms with Gasteiger partial charge in [-0.15, -0.1) is 0 Å². The van der Waals surface area contributed by atoms with Gasteiger partial charge < -0.3 is 10.5 Å². The zero-order valence-corrected chi connectivity index (χ0v) is 12.8. The fourth-order valence-corrected chi connectivity index (χ4v) is 4.01. The van der Waals surface area contributed by atoms with Gasteiger partial charge in [0.15, 0.2) is 0 Å². The summed E-state index contributed by atoms with van der Waals surface area (Å²) in [5, 5.41) is 0. The standard InChI is InChI=1S/C14H21FN2O3S/c1-2-13-10(6-7-20-13)9-17-21(18,19)14-5-3-4-12(15)11(14)8-16/h3-5,10,13,17H,2,6-9,16H2,1H3. The summed E-state index contributed by atoms with van der Waals surface area (Å²) in [4.78, 5) is -0.0861. The quantitative estimate of drug-likeness (QED) is 0.831. The van der Waals surface area contributed by atoms with Crippen LogP contribution in [0.2, 0.25) is 0 Å². The normalized spacial score (nSPS) is 22.6. The molecule has 2 atom stereocenters. The highest BCUT2D eigenvalue weighted by atomic mass is 32.2. The number of hydrogen-bond acceptors (Lipinski definition) is 4. The SMILES string of the molecule is CCC1OCCC1CNS(=O)(=O)c1cccc(F)c1CN. The van der Waals surface area contributed by atoms with E-state index < -0.39 is 15.8 Å². The van der Waals surface area contributed by atoms with Crippen molar-refractivity contribution in [2.24, 2.45) is 11.7 Å². The van der Waals surface area contributed by atoms with Crippen LogP contribution in [0.1, 0.15) is 25.3 Å². The van der Waals surface area contributed by atoms with Crippen LogP contribution in [0.25, 0.3) is 0 Å². The third-order valence-electron chi connectivity index (χ3n) is 3.85. The van der Waals surface area contributed by atoms with E-state index in [0.29, 0.717) is 13.2 Å². The number of sulfonamides is 1. The molecule has 1 aliphatic rings. The van der Waals surface area contributed by atoms with Crippen molar-refractivity contribution in [1.29, 1.82) is 0 Å². The molecule has 7 heteroatoms. The van der Waals surface area contributed by atoms with E-state index in [9.17, 15) is 12.8 Å². The molecule has 1 fully saturated rings. The predicted molar refractivity (Wildman–Crippen MR) is 77.6 cm³/mol. The van der Waals surface area contributed by atoms with Gasteiger partial charge in [0.25, 0.3) is 0 Å². The maximum atomic E-state index is 13.6. The van der Waals surface area contributed by atoms with Crippen molar-refractivity contribution < 1.29 is 17.5 Å². The van der Waals surface area contributed by atoms with E-state index in [0.717, 1.165) is 12.8 Å². The number of hydrogen-bond donors (Lipinski definition) is 2. The van der Waals surface area contributed by atoms with Gasteiger partial charge in [0.1, 0.15) is 5.82 Å². The van der Waals surface area contributed by atoms with Crippen LogP contribution < -0.4 is 10.5 Å². The van der Waals surface area contributed by atoms with E-state index in [2.05, 4.69) is 4.72 Å². The van der Waals surface area contributed by atoms with Crippen LogP contribution in [0.5, 0.6) is 0 Å². The molecule has 118 valence electrons. The Morgan fingerprint density at radius 3 is 2.90 bits per heavy atom. The molecule has 5 nitrogen and oxygen atoms in total. The molecule has 0 saturated carbocycles. The first-order chi connectivity index (χ1) is 9.99. The largest absolute Gasteiger partial charge is 0.378 e. The van der Waals surface area contributed by atoms with Gasteiger partial charge in [0.2, 0.25) is 10.0 Å². The molecule has 0 aromatic heterocycles. The molecule has 1 aromatic rings. The summed E-state index contributed by atoms with van der Waals surface area (Å²) in [7, 11) is -3.77. The lowest BCUT2D eigenvalue weighted by atomic mass is 10.0. The third-order valence-corrected chi connectivity index (χ3v) is 5.36. The lowest BCUT2D eigenvalue weighted by Gasteiger charge is -2.18. The molecule has 2 unspecified atom stereocenters. The highest BCUT2D eigenvalue weighted by Crippen LogP contribution is 2.24. The van der Waals surface area contributed by atoms with Gasteiger partial charge in [0, 0.05) is 31.2 Å². The second-order valence-electron chi connectivity index (χ2n) is 5.14. The van der Waals surface area contributed by atoms with Crippen LogP contribution in [0.15, 0.2) is 23.1 Å². The molecule has 0 radical (unpaired) electrons. The van der Waals surface area contributed by atoms with E-state index in [1.54, 1.807) is 0 Å². The summed E-state index contributed by atoms with van der Waals surface area (Å²) in [6, 6.07) is 3.95. The zero-order valence-electron chi connectivity index (χ0n) is 12.0. The molecule has 0 bridgehead atoms.